The summed E-state index contributed by atoms with van der Waals surface area (Å²) in [6.45, 7) is 1.24. The van der Waals surface area contributed by atoms with Crippen molar-refractivity contribution in [1.82, 2.24) is 0 Å². The molecule has 0 aliphatic carbocycles. The highest BCUT2D eigenvalue weighted by molar-refractivity contribution is 6.34. The molecule has 106 valence electrons. The van der Waals surface area contributed by atoms with Crippen molar-refractivity contribution >= 4 is 22.6 Å². The number of rotatable bonds is 2. The number of hydrogen-bond donors (Lipinski definition) is 1. The van der Waals surface area contributed by atoms with Gasteiger partial charge in [0.2, 0.25) is 0 Å². The average Bonchev–Trinajstić information content (AvgIpc) is 3.12. The Morgan fingerprint density at radius 1 is 1.05 bits per heavy atom. The Bertz CT molecular complexity index is 822. The zero-order chi connectivity index (χ0) is 14.4. The molecule has 0 fully saturated rings. The predicted octanol–water partition coefficient (Wildman–Crippen LogP) is 4.20. The van der Waals surface area contributed by atoms with Gasteiger partial charge >= 0.3 is 0 Å². The Balaban J connectivity index is 1.75. The number of ether oxygens (including phenoxy) is 1. The van der Waals surface area contributed by atoms with Gasteiger partial charge in [0, 0.05) is 5.39 Å². The quantitative estimate of drug-likeness (QED) is 0.771. The van der Waals surface area contributed by atoms with Crippen molar-refractivity contribution in [3.8, 4) is 0 Å². The third kappa shape index (κ3) is 2.14. The van der Waals surface area contributed by atoms with E-state index in [2.05, 4.69) is 0 Å². The van der Waals surface area contributed by atoms with Gasteiger partial charge in [-0.15, -0.1) is 0 Å². The van der Waals surface area contributed by atoms with E-state index in [9.17, 15) is 5.11 Å². The Kier molecular flexibility index (Phi) is 3.00. The first-order valence-electron chi connectivity index (χ1n) is 6.78. The van der Waals surface area contributed by atoms with Crippen molar-refractivity contribution in [3.63, 3.8) is 0 Å². The van der Waals surface area contributed by atoms with Gasteiger partial charge in [0.15, 0.2) is 5.58 Å². The largest absolute Gasteiger partial charge is 0.456 e. The smallest absolute Gasteiger partial charge is 0.153 e. The van der Waals surface area contributed by atoms with E-state index in [1.165, 1.54) is 5.56 Å². The summed E-state index contributed by atoms with van der Waals surface area (Å²) >= 11 is 6.11. The minimum absolute atomic E-state index is 0.497. The topological polar surface area (TPSA) is 42.6 Å². The summed E-state index contributed by atoms with van der Waals surface area (Å²) in [7, 11) is 0. The lowest BCUT2D eigenvalue weighted by molar-refractivity contribution is 0.134. The molecule has 1 aliphatic rings. The molecule has 4 heteroatoms. The van der Waals surface area contributed by atoms with Crippen LogP contribution < -0.4 is 0 Å². The van der Waals surface area contributed by atoms with Crippen molar-refractivity contribution in [1.29, 1.82) is 0 Å². The zero-order valence-corrected chi connectivity index (χ0v) is 11.9. The van der Waals surface area contributed by atoms with Gasteiger partial charge in [-0.3, -0.25) is 0 Å². The standard InChI is InChI=1S/C17H13ClO3/c18-14-3-1-2-11-7-15(21-17(11)14)16(19)10-4-5-12-8-20-9-13(12)6-10/h1-7,16,19H,8-9H2. The van der Waals surface area contributed by atoms with E-state index in [1.54, 1.807) is 6.07 Å². The molecular weight excluding hydrogens is 288 g/mol. The lowest BCUT2D eigenvalue weighted by Crippen LogP contribution is -1.99. The predicted molar refractivity (Wildman–Crippen MR) is 80.2 cm³/mol. The lowest BCUT2D eigenvalue weighted by atomic mass is 10.0. The molecule has 0 saturated carbocycles. The van der Waals surface area contributed by atoms with Gasteiger partial charge in [0.1, 0.15) is 11.9 Å². The van der Waals surface area contributed by atoms with Crippen LogP contribution >= 0.6 is 11.6 Å². The number of aliphatic hydroxyl groups excluding tert-OH is 1. The Morgan fingerprint density at radius 2 is 1.90 bits per heavy atom. The van der Waals surface area contributed by atoms with Crippen molar-refractivity contribution in [3.05, 3.63) is 69.9 Å². The van der Waals surface area contributed by atoms with Gasteiger partial charge in [-0.25, -0.2) is 0 Å². The van der Waals surface area contributed by atoms with Crippen LogP contribution in [-0.2, 0) is 18.0 Å². The fourth-order valence-corrected chi connectivity index (χ4v) is 2.93. The number of benzene rings is 2. The highest BCUT2D eigenvalue weighted by atomic mass is 35.5. The molecule has 0 radical (unpaired) electrons. The van der Waals surface area contributed by atoms with E-state index in [1.807, 2.05) is 36.4 Å². The van der Waals surface area contributed by atoms with Crippen molar-refractivity contribution in [2.45, 2.75) is 19.3 Å². The van der Waals surface area contributed by atoms with Gasteiger partial charge in [0.25, 0.3) is 0 Å². The van der Waals surface area contributed by atoms with Gasteiger partial charge in [-0.2, -0.15) is 0 Å². The summed E-state index contributed by atoms with van der Waals surface area (Å²) in [5, 5.41) is 12.0. The van der Waals surface area contributed by atoms with Gasteiger partial charge in [0.05, 0.1) is 18.2 Å². The fraction of sp³-hybridized carbons (Fsp3) is 0.176. The molecule has 21 heavy (non-hydrogen) atoms. The van der Waals surface area contributed by atoms with Crippen LogP contribution in [0.3, 0.4) is 0 Å². The maximum Gasteiger partial charge on any atom is 0.153 e. The Labute approximate surface area is 126 Å². The maximum absolute atomic E-state index is 10.5. The number of aliphatic hydroxyl groups is 1. The number of hydrogen-bond acceptors (Lipinski definition) is 3. The molecule has 1 N–H and O–H groups in total. The van der Waals surface area contributed by atoms with Gasteiger partial charge in [-0.1, -0.05) is 41.9 Å². The van der Waals surface area contributed by atoms with E-state index >= 15 is 0 Å². The molecular formula is C17H13ClO3. The molecule has 3 nitrogen and oxygen atoms in total. The van der Waals surface area contributed by atoms with Crippen LogP contribution in [0.25, 0.3) is 11.0 Å². The monoisotopic (exact) mass is 300 g/mol. The summed E-state index contributed by atoms with van der Waals surface area (Å²) < 4.78 is 11.1. The summed E-state index contributed by atoms with van der Waals surface area (Å²) in [5.41, 5.74) is 3.71. The number of fused-ring (bicyclic) bond motifs is 2. The Hall–Kier alpha value is -1.81. The third-order valence-corrected chi connectivity index (χ3v) is 4.14. The second-order valence-electron chi connectivity index (χ2n) is 5.23. The average molecular weight is 301 g/mol. The lowest BCUT2D eigenvalue weighted by Gasteiger charge is -2.09. The van der Waals surface area contributed by atoms with Crippen LogP contribution in [0.4, 0.5) is 0 Å². The third-order valence-electron chi connectivity index (χ3n) is 3.85. The number of para-hydroxylation sites is 1. The molecule has 1 atom stereocenters. The maximum atomic E-state index is 10.5. The number of furan rings is 1. The molecule has 0 saturated heterocycles. The molecule has 0 bridgehead atoms. The summed E-state index contributed by atoms with van der Waals surface area (Å²) in [6.07, 6.45) is -0.806. The molecule has 1 unspecified atom stereocenters. The number of halogens is 1. The van der Waals surface area contributed by atoms with Crippen molar-refractivity contribution in [2.75, 3.05) is 0 Å². The van der Waals surface area contributed by atoms with Gasteiger partial charge in [-0.05, 0) is 28.8 Å². The molecule has 3 aromatic rings. The van der Waals surface area contributed by atoms with Gasteiger partial charge < -0.3 is 14.3 Å². The van der Waals surface area contributed by atoms with E-state index < -0.39 is 6.10 Å². The molecule has 2 heterocycles. The van der Waals surface area contributed by atoms with Crippen LogP contribution in [0.15, 0.2) is 46.9 Å². The molecule has 4 rings (SSSR count). The SMILES string of the molecule is OC(c1ccc2c(c1)COC2)c1cc2cccc(Cl)c2o1. The summed E-state index contributed by atoms with van der Waals surface area (Å²) in [6, 6.07) is 13.3. The Morgan fingerprint density at radius 3 is 2.76 bits per heavy atom. The summed E-state index contributed by atoms with van der Waals surface area (Å²) in [5.74, 6) is 0.497. The van der Waals surface area contributed by atoms with E-state index in [-0.39, 0.29) is 0 Å². The highest BCUT2D eigenvalue weighted by Crippen LogP contribution is 2.33. The summed E-state index contributed by atoms with van der Waals surface area (Å²) in [4.78, 5) is 0. The molecule has 2 aromatic carbocycles. The molecule has 1 aromatic heterocycles. The highest BCUT2D eigenvalue weighted by Gasteiger charge is 2.19. The van der Waals surface area contributed by atoms with E-state index in [0.29, 0.717) is 29.6 Å². The van der Waals surface area contributed by atoms with Crippen LogP contribution in [0, 0.1) is 0 Å². The van der Waals surface area contributed by atoms with Crippen molar-refractivity contribution < 1.29 is 14.3 Å². The zero-order valence-electron chi connectivity index (χ0n) is 11.2. The van der Waals surface area contributed by atoms with Crippen LogP contribution in [0.1, 0.15) is 28.6 Å². The van der Waals surface area contributed by atoms with E-state index in [0.717, 1.165) is 16.5 Å². The molecule has 0 amide bonds. The van der Waals surface area contributed by atoms with Crippen LogP contribution in [0.5, 0.6) is 0 Å². The van der Waals surface area contributed by atoms with E-state index in [4.69, 9.17) is 20.8 Å². The fourth-order valence-electron chi connectivity index (χ4n) is 2.71. The van der Waals surface area contributed by atoms with Crippen molar-refractivity contribution in [2.24, 2.45) is 0 Å². The second-order valence-corrected chi connectivity index (χ2v) is 5.64. The molecule has 1 aliphatic heterocycles. The molecule has 0 spiro atoms. The first-order chi connectivity index (χ1) is 10.2. The minimum Gasteiger partial charge on any atom is -0.456 e. The minimum atomic E-state index is -0.806. The first kappa shape index (κ1) is 12.9. The normalized spacial score (nSPS) is 15.3. The van der Waals surface area contributed by atoms with Crippen LogP contribution in [-0.4, -0.2) is 5.11 Å². The first-order valence-corrected chi connectivity index (χ1v) is 7.15. The second kappa shape index (κ2) is 4.88. The van der Waals surface area contributed by atoms with Crippen LogP contribution in [0.2, 0.25) is 5.02 Å².